The van der Waals surface area contributed by atoms with E-state index in [0.29, 0.717) is 55.1 Å². The van der Waals surface area contributed by atoms with Crippen LogP contribution in [-0.4, -0.2) is 56.7 Å². The molecule has 1 fully saturated rings. The van der Waals surface area contributed by atoms with E-state index in [0.717, 1.165) is 13.1 Å². The minimum absolute atomic E-state index is 0.00567. The molecule has 5 nitrogen and oxygen atoms in total. The monoisotopic (exact) mass is 297 g/mol. The number of carbonyl (C=O) groups is 1. The van der Waals surface area contributed by atoms with Gasteiger partial charge in [0.15, 0.2) is 17.3 Å². The first-order valence-corrected chi connectivity index (χ1v) is 7.04. The molecule has 1 aromatic carbocycles. The van der Waals surface area contributed by atoms with Gasteiger partial charge in [-0.25, -0.2) is 0 Å². The van der Waals surface area contributed by atoms with Crippen molar-refractivity contribution < 1.29 is 19.0 Å². The van der Waals surface area contributed by atoms with Gasteiger partial charge >= 0.3 is 0 Å². The van der Waals surface area contributed by atoms with Crippen LogP contribution in [-0.2, 0) is 4.74 Å². The standard InChI is InChI=1S/C14H16ClNO4/c15-11-8-14-13(19-5-6-20-14)7-10(11)12(17)9-16-1-3-18-4-2-16/h7-8H,1-6,9H2. The predicted molar refractivity (Wildman–Crippen MR) is 74.0 cm³/mol. The van der Waals surface area contributed by atoms with Gasteiger partial charge in [0.05, 0.1) is 24.8 Å². The number of rotatable bonds is 3. The Morgan fingerprint density at radius 2 is 1.75 bits per heavy atom. The van der Waals surface area contributed by atoms with Crippen LogP contribution in [0.3, 0.4) is 0 Å². The highest BCUT2D eigenvalue weighted by atomic mass is 35.5. The van der Waals surface area contributed by atoms with Crippen LogP contribution in [0.25, 0.3) is 0 Å². The Hall–Kier alpha value is -1.30. The molecule has 0 bridgehead atoms. The van der Waals surface area contributed by atoms with E-state index < -0.39 is 0 Å². The van der Waals surface area contributed by atoms with Crippen LogP contribution in [0.2, 0.25) is 5.02 Å². The third kappa shape index (κ3) is 2.90. The lowest BCUT2D eigenvalue weighted by atomic mass is 10.1. The highest BCUT2D eigenvalue weighted by Crippen LogP contribution is 2.35. The van der Waals surface area contributed by atoms with E-state index in [1.54, 1.807) is 12.1 Å². The average molecular weight is 298 g/mol. The topological polar surface area (TPSA) is 48.0 Å². The zero-order valence-electron chi connectivity index (χ0n) is 11.1. The number of carbonyl (C=O) groups excluding carboxylic acids is 1. The molecule has 2 aliphatic rings. The Labute approximate surface area is 122 Å². The number of benzene rings is 1. The minimum Gasteiger partial charge on any atom is -0.486 e. The fraction of sp³-hybridized carbons (Fsp3) is 0.500. The molecule has 0 atom stereocenters. The molecule has 1 saturated heterocycles. The van der Waals surface area contributed by atoms with Gasteiger partial charge in [0.2, 0.25) is 0 Å². The van der Waals surface area contributed by atoms with E-state index in [2.05, 4.69) is 4.90 Å². The van der Waals surface area contributed by atoms with Crippen LogP contribution in [0.1, 0.15) is 10.4 Å². The Bertz CT molecular complexity index is 514. The molecular formula is C14H16ClNO4. The SMILES string of the molecule is O=C(CN1CCOCC1)c1cc2c(cc1Cl)OCCO2. The lowest BCUT2D eigenvalue weighted by molar-refractivity contribution is 0.0371. The molecule has 0 amide bonds. The zero-order valence-corrected chi connectivity index (χ0v) is 11.8. The molecule has 2 heterocycles. The highest BCUT2D eigenvalue weighted by Gasteiger charge is 2.21. The maximum absolute atomic E-state index is 12.4. The number of nitrogens with zero attached hydrogens (tertiary/aromatic N) is 1. The smallest absolute Gasteiger partial charge is 0.178 e. The molecule has 0 spiro atoms. The van der Waals surface area contributed by atoms with Gasteiger partial charge in [-0.1, -0.05) is 11.6 Å². The molecule has 6 heteroatoms. The second kappa shape index (κ2) is 5.99. The van der Waals surface area contributed by atoms with Crippen molar-refractivity contribution in [1.82, 2.24) is 4.90 Å². The van der Waals surface area contributed by atoms with Gasteiger partial charge in [-0.2, -0.15) is 0 Å². The summed E-state index contributed by atoms with van der Waals surface area (Å²) >= 11 is 6.17. The number of hydrogen-bond donors (Lipinski definition) is 0. The van der Waals surface area contributed by atoms with Crippen molar-refractivity contribution in [1.29, 1.82) is 0 Å². The normalized spacial score (nSPS) is 18.9. The van der Waals surface area contributed by atoms with E-state index >= 15 is 0 Å². The predicted octanol–water partition coefficient (Wildman–Crippen LogP) is 1.63. The summed E-state index contributed by atoms with van der Waals surface area (Å²) < 4.78 is 16.2. The quantitative estimate of drug-likeness (QED) is 0.794. The summed E-state index contributed by atoms with van der Waals surface area (Å²) in [5.41, 5.74) is 0.488. The first-order valence-electron chi connectivity index (χ1n) is 6.66. The third-order valence-electron chi connectivity index (χ3n) is 3.40. The van der Waals surface area contributed by atoms with Crippen molar-refractivity contribution in [3.63, 3.8) is 0 Å². The summed E-state index contributed by atoms with van der Waals surface area (Å²) in [7, 11) is 0. The van der Waals surface area contributed by atoms with Crippen LogP contribution in [0.4, 0.5) is 0 Å². The van der Waals surface area contributed by atoms with Crippen molar-refractivity contribution in [2.75, 3.05) is 46.1 Å². The van der Waals surface area contributed by atoms with E-state index in [9.17, 15) is 4.79 Å². The van der Waals surface area contributed by atoms with Gasteiger partial charge in [-0.3, -0.25) is 9.69 Å². The van der Waals surface area contributed by atoms with Crippen LogP contribution in [0, 0.1) is 0 Å². The van der Waals surface area contributed by atoms with Crippen LogP contribution >= 0.6 is 11.6 Å². The van der Waals surface area contributed by atoms with E-state index in [-0.39, 0.29) is 5.78 Å². The zero-order chi connectivity index (χ0) is 13.9. The Morgan fingerprint density at radius 1 is 1.10 bits per heavy atom. The van der Waals surface area contributed by atoms with Gasteiger partial charge < -0.3 is 14.2 Å². The molecule has 1 aromatic rings. The lowest BCUT2D eigenvalue weighted by Crippen LogP contribution is -2.39. The summed E-state index contributed by atoms with van der Waals surface area (Å²) in [4.78, 5) is 14.4. The Kier molecular flexibility index (Phi) is 4.10. The van der Waals surface area contributed by atoms with E-state index in [4.69, 9.17) is 25.8 Å². The third-order valence-corrected chi connectivity index (χ3v) is 3.72. The van der Waals surface area contributed by atoms with Crippen LogP contribution in [0.15, 0.2) is 12.1 Å². The molecule has 0 unspecified atom stereocenters. The van der Waals surface area contributed by atoms with Gasteiger partial charge in [0.1, 0.15) is 13.2 Å². The first kappa shape index (κ1) is 13.7. The molecule has 108 valence electrons. The van der Waals surface area contributed by atoms with Crippen molar-refractivity contribution >= 4 is 17.4 Å². The maximum Gasteiger partial charge on any atom is 0.178 e. The van der Waals surface area contributed by atoms with E-state index in [1.165, 1.54) is 0 Å². The van der Waals surface area contributed by atoms with Gasteiger partial charge in [0.25, 0.3) is 0 Å². The highest BCUT2D eigenvalue weighted by molar-refractivity contribution is 6.34. The Morgan fingerprint density at radius 3 is 2.45 bits per heavy atom. The van der Waals surface area contributed by atoms with Crippen molar-refractivity contribution in [2.24, 2.45) is 0 Å². The number of hydrogen-bond acceptors (Lipinski definition) is 5. The molecule has 2 aliphatic heterocycles. The van der Waals surface area contributed by atoms with Crippen molar-refractivity contribution in [2.45, 2.75) is 0 Å². The lowest BCUT2D eigenvalue weighted by Gasteiger charge is -2.26. The molecule has 0 N–H and O–H groups in total. The summed E-state index contributed by atoms with van der Waals surface area (Å²) in [5, 5.41) is 0.410. The largest absolute Gasteiger partial charge is 0.486 e. The molecule has 0 radical (unpaired) electrons. The van der Waals surface area contributed by atoms with Crippen LogP contribution < -0.4 is 9.47 Å². The summed E-state index contributed by atoms with van der Waals surface area (Å²) in [6.45, 7) is 4.23. The molecule has 0 aliphatic carbocycles. The molecule has 0 aromatic heterocycles. The second-order valence-corrected chi connectivity index (χ2v) is 5.19. The van der Waals surface area contributed by atoms with Gasteiger partial charge in [-0.05, 0) is 6.07 Å². The summed E-state index contributed by atoms with van der Waals surface area (Å²) in [6.07, 6.45) is 0. The number of fused-ring (bicyclic) bond motifs is 1. The molecular weight excluding hydrogens is 282 g/mol. The molecule has 20 heavy (non-hydrogen) atoms. The molecule has 0 saturated carbocycles. The maximum atomic E-state index is 12.4. The fourth-order valence-corrected chi connectivity index (χ4v) is 2.58. The van der Waals surface area contributed by atoms with Crippen molar-refractivity contribution in [3.05, 3.63) is 22.7 Å². The van der Waals surface area contributed by atoms with Crippen molar-refractivity contribution in [3.8, 4) is 11.5 Å². The van der Waals surface area contributed by atoms with E-state index in [1.807, 2.05) is 0 Å². The van der Waals surface area contributed by atoms with Gasteiger partial charge in [0, 0.05) is 24.7 Å². The number of halogens is 1. The number of ketones is 1. The number of Topliss-reactive ketones (excluding diaryl/α,β-unsaturated/α-hetero) is 1. The minimum atomic E-state index is -0.00567. The first-order chi connectivity index (χ1) is 9.74. The second-order valence-electron chi connectivity index (χ2n) is 4.79. The average Bonchev–Trinajstić information content (AvgIpc) is 2.47. The fourth-order valence-electron chi connectivity index (χ4n) is 2.33. The number of morpholine rings is 1. The summed E-state index contributed by atoms with van der Waals surface area (Å²) in [6, 6.07) is 3.34. The summed E-state index contributed by atoms with van der Waals surface area (Å²) in [5.74, 6) is 1.18. The van der Waals surface area contributed by atoms with Gasteiger partial charge in [-0.15, -0.1) is 0 Å². The molecule has 3 rings (SSSR count). The number of ether oxygens (including phenoxy) is 3. The Balaban J connectivity index is 1.76. The van der Waals surface area contributed by atoms with Crippen LogP contribution in [0.5, 0.6) is 11.5 Å².